The van der Waals surface area contributed by atoms with Gasteiger partial charge in [-0.05, 0) is 0 Å². The molecule has 0 aliphatic heterocycles. The molecule has 0 amide bonds. The molecule has 0 rings (SSSR count). The zero-order valence-corrected chi connectivity index (χ0v) is 22.4. The first-order valence-corrected chi connectivity index (χ1v) is 20.1. The molecule has 0 fully saturated rings. The minimum absolute atomic E-state index is 0.424. The van der Waals surface area contributed by atoms with Crippen molar-refractivity contribution in [3.8, 4) is 0 Å². The Balaban J connectivity index is 5.55. The molecule has 0 N–H and O–H groups in total. The average Bonchev–Trinajstić information content (AvgIpc) is 2.47. The summed E-state index contributed by atoms with van der Waals surface area (Å²) in [4.78, 5) is 0. The second kappa shape index (κ2) is 15.4. The van der Waals surface area contributed by atoms with E-state index in [-0.39, 0.29) is 0 Å². The van der Waals surface area contributed by atoms with Crippen LogP contribution in [0.5, 0.6) is 0 Å². The molecular formula is C12H20O4S8Se. The van der Waals surface area contributed by atoms with Gasteiger partial charge in [0.2, 0.25) is 0 Å². The SMILES string of the molecule is CCOC(=S)S[Se](SC(=S)OCC)(SC(=S)OCC)SC(=S)OCC. The number of thiocarbonyl (C=S) groups is 4. The summed E-state index contributed by atoms with van der Waals surface area (Å²) in [6.07, 6.45) is 0. The van der Waals surface area contributed by atoms with Gasteiger partial charge in [-0.25, -0.2) is 0 Å². The summed E-state index contributed by atoms with van der Waals surface area (Å²) >= 11 is 21.4. The Morgan fingerprint density at radius 1 is 0.560 bits per heavy atom. The minimum atomic E-state index is -2.82. The zero-order valence-electron chi connectivity index (χ0n) is 14.1. The normalized spacial score (nSPS) is 11.4. The van der Waals surface area contributed by atoms with Crippen LogP contribution >= 0.6 is 89.6 Å². The van der Waals surface area contributed by atoms with Crippen LogP contribution < -0.4 is 0 Å². The molecule has 0 spiro atoms. The Bertz CT molecular complexity index is 391. The topological polar surface area (TPSA) is 36.9 Å². The van der Waals surface area contributed by atoms with E-state index in [9.17, 15) is 0 Å². The number of rotatable bonds is 8. The second-order valence-corrected chi connectivity index (χ2v) is 31.0. The molecule has 0 aromatic carbocycles. The Kier molecular flexibility index (Phi) is 16.3. The van der Waals surface area contributed by atoms with Crippen LogP contribution in [-0.4, -0.2) is 52.3 Å². The first-order chi connectivity index (χ1) is 11.8. The van der Waals surface area contributed by atoms with E-state index in [0.717, 1.165) is 0 Å². The van der Waals surface area contributed by atoms with E-state index < -0.39 is 8.36 Å². The molecule has 0 aromatic heterocycles. The van der Waals surface area contributed by atoms with Crippen LogP contribution in [0, 0.1) is 0 Å². The maximum absolute atomic E-state index is 5.46. The van der Waals surface area contributed by atoms with E-state index in [0.29, 0.717) is 44.0 Å². The van der Waals surface area contributed by atoms with E-state index in [1.54, 1.807) is 0 Å². The molecule has 0 saturated carbocycles. The third-order valence-electron chi connectivity index (χ3n) is 1.73. The van der Waals surface area contributed by atoms with Gasteiger partial charge in [-0.15, -0.1) is 0 Å². The third-order valence-corrected chi connectivity index (χ3v) is 29.6. The summed E-state index contributed by atoms with van der Waals surface area (Å²) in [5.74, 6) is 0. The predicted octanol–water partition coefficient (Wildman–Crippen LogP) is 5.64. The molecule has 0 atom stereocenters. The fraction of sp³-hybridized carbons (Fsp3) is 0.667. The molecule has 0 unspecified atom stereocenters. The fourth-order valence-corrected chi connectivity index (χ4v) is 38.9. The van der Waals surface area contributed by atoms with E-state index in [2.05, 4.69) is 0 Å². The monoisotopic (exact) mass is 564 g/mol. The van der Waals surface area contributed by atoms with Crippen molar-refractivity contribution in [3.05, 3.63) is 0 Å². The van der Waals surface area contributed by atoms with Crippen molar-refractivity contribution >= 4 is 115 Å². The van der Waals surface area contributed by atoms with E-state index in [1.165, 1.54) is 40.7 Å². The van der Waals surface area contributed by atoms with Crippen molar-refractivity contribution in [1.82, 2.24) is 0 Å². The molecule has 13 heteroatoms. The molecule has 0 heterocycles. The molecule has 0 radical (unpaired) electrons. The van der Waals surface area contributed by atoms with Crippen molar-refractivity contribution in [2.45, 2.75) is 27.7 Å². The zero-order chi connectivity index (χ0) is 19.3. The van der Waals surface area contributed by atoms with Crippen LogP contribution in [0.2, 0.25) is 0 Å². The maximum atomic E-state index is 5.46. The molecule has 4 nitrogen and oxygen atoms in total. The van der Waals surface area contributed by atoms with Gasteiger partial charge in [0, 0.05) is 0 Å². The van der Waals surface area contributed by atoms with Gasteiger partial charge < -0.3 is 0 Å². The first-order valence-electron chi connectivity index (χ1n) is 7.10. The molecule has 0 aromatic rings. The molecular weight excluding hydrogens is 544 g/mol. The Morgan fingerprint density at radius 3 is 0.920 bits per heavy atom. The quantitative estimate of drug-likeness (QED) is 0.271. The first kappa shape index (κ1) is 26.5. The summed E-state index contributed by atoms with van der Waals surface area (Å²) < 4.78 is 23.5. The molecule has 0 aliphatic carbocycles. The Labute approximate surface area is 186 Å². The third kappa shape index (κ3) is 12.5. The summed E-state index contributed by atoms with van der Waals surface area (Å²) in [5.41, 5.74) is 0. The average molecular weight is 564 g/mol. The molecule has 146 valence electrons. The van der Waals surface area contributed by atoms with E-state index >= 15 is 0 Å². The van der Waals surface area contributed by atoms with Gasteiger partial charge in [0.05, 0.1) is 0 Å². The van der Waals surface area contributed by atoms with Crippen LogP contribution in [0.25, 0.3) is 0 Å². The molecule has 0 saturated heterocycles. The number of hydrogen-bond acceptors (Lipinski definition) is 12. The fourth-order valence-electron chi connectivity index (χ4n) is 1.00. The van der Waals surface area contributed by atoms with Gasteiger partial charge in [0.15, 0.2) is 0 Å². The Morgan fingerprint density at radius 2 is 0.760 bits per heavy atom. The van der Waals surface area contributed by atoms with Gasteiger partial charge in [-0.3, -0.25) is 0 Å². The summed E-state index contributed by atoms with van der Waals surface area (Å²) in [7, 11) is 2.91. The van der Waals surface area contributed by atoms with Gasteiger partial charge in [0.25, 0.3) is 0 Å². The van der Waals surface area contributed by atoms with Crippen LogP contribution in [0.15, 0.2) is 0 Å². The van der Waals surface area contributed by atoms with Gasteiger partial charge in [-0.1, -0.05) is 0 Å². The van der Waals surface area contributed by atoms with Crippen LogP contribution in [0.4, 0.5) is 0 Å². The van der Waals surface area contributed by atoms with Crippen molar-refractivity contribution in [2.24, 2.45) is 0 Å². The van der Waals surface area contributed by atoms with Crippen molar-refractivity contribution in [1.29, 1.82) is 0 Å². The molecule has 0 aliphatic rings. The van der Waals surface area contributed by atoms with E-state index in [1.807, 2.05) is 27.7 Å². The van der Waals surface area contributed by atoms with Crippen molar-refractivity contribution < 1.29 is 18.9 Å². The van der Waals surface area contributed by atoms with Crippen LogP contribution in [0.1, 0.15) is 27.7 Å². The standard InChI is InChI=1S/C12H20O4S8Se/c1-5-13-9(17)21-25(22-10(18)14-6-2,23-11(19)15-7-3)24-12(20)16-8-4/h5-8H2,1-4H3. The summed E-state index contributed by atoms with van der Waals surface area (Å²) in [6, 6.07) is 0. The van der Waals surface area contributed by atoms with Gasteiger partial charge in [-0.2, -0.15) is 0 Å². The van der Waals surface area contributed by atoms with Crippen molar-refractivity contribution in [2.75, 3.05) is 26.4 Å². The summed E-state index contributed by atoms with van der Waals surface area (Å²) in [6.45, 7) is 9.47. The molecule has 25 heavy (non-hydrogen) atoms. The Hall–Kier alpha value is 1.48. The second-order valence-electron chi connectivity index (χ2n) is 3.47. The van der Waals surface area contributed by atoms with Gasteiger partial charge >= 0.3 is 189 Å². The van der Waals surface area contributed by atoms with Gasteiger partial charge in [0.1, 0.15) is 0 Å². The van der Waals surface area contributed by atoms with Crippen LogP contribution in [-0.2, 0) is 18.9 Å². The summed E-state index contributed by atoms with van der Waals surface area (Å²) in [5, 5.41) is 0. The predicted molar refractivity (Wildman–Crippen MR) is 133 cm³/mol. The van der Waals surface area contributed by atoms with Crippen molar-refractivity contribution in [3.63, 3.8) is 0 Å². The van der Waals surface area contributed by atoms with Crippen LogP contribution in [0.3, 0.4) is 0 Å². The van der Waals surface area contributed by atoms with E-state index in [4.69, 9.17) is 67.8 Å². The number of hydrogen-bond donors (Lipinski definition) is 0. The molecule has 0 bridgehead atoms. The number of ether oxygens (including phenoxy) is 4.